The number of aliphatic hydroxyl groups excluding tert-OH is 1. The number of benzene rings is 1. The molecule has 0 aliphatic heterocycles. The summed E-state index contributed by atoms with van der Waals surface area (Å²) in [6.07, 6.45) is 0.772. The van der Waals surface area contributed by atoms with Crippen LogP contribution in [-0.2, 0) is 4.74 Å². The van der Waals surface area contributed by atoms with Crippen molar-refractivity contribution >= 4 is 5.69 Å². The number of nitrogens with one attached hydrogen (secondary N) is 1. The Morgan fingerprint density at radius 3 is 2.62 bits per heavy atom. The molecule has 0 radical (unpaired) electrons. The molecule has 0 saturated carbocycles. The molecule has 0 bridgehead atoms. The van der Waals surface area contributed by atoms with Crippen LogP contribution in [-0.4, -0.2) is 31.0 Å². The van der Waals surface area contributed by atoms with Crippen LogP contribution in [0.25, 0.3) is 0 Å². The highest BCUT2D eigenvalue weighted by Gasteiger charge is 2.22. The van der Waals surface area contributed by atoms with Gasteiger partial charge in [0.2, 0.25) is 0 Å². The van der Waals surface area contributed by atoms with Crippen LogP contribution in [0, 0.1) is 6.92 Å². The summed E-state index contributed by atoms with van der Waals surface area (Å²) in [5.41, 5.74) is 1.91. The zero-order valence-corrected chi connectivity index (χ0v) is 10.3. The standard InChI is InChI=1S/C13H21NO2/c1-11-6-4-5-7-12(11)14-13(2,10-15)8-9-16-3/h4-7,14-15H,8-10H2,1-3H3. The molecule has 0 spiro atoms. The minimum atomic E-state index is -0.331. The fourth-order valence-electron chi connectivity index (χ4n) is 1.55. The van der Waals surface area contributed by atoms with Crippen molar-refractivity contribution in [1.29, 1.82) is 0 Å². The zero-order valence-electron chi connectivity index (χ0n) is 10.3. The SMILES string of the molecule is COCCC(C)(CO)Nc1ccccc1C. The van der Waals surface area contributed by atoms with E-state index in [1.54, 1.807) is 7.11 Å². The maximum Gasteiger partial charge on any atom is 0.0659 e. The Bertz CT molecular complexity index is 327. The van der Waals surface area contributed by atoms with Crippen molar-refractivity contribution in [3.8, 4) is 0 Å². The topological polar surface area (TPSA) is 41.5 Å². The predicted octanol–water partition coefficient (Wildman–Crippen LogP) is 2.19. The monoisotopic (exact) mass is 223 g/mol. The molecule has 0 aliphatic carbocycles. The number of hydrogen-bond donors (Lipinski definition) is 2. The number of anilines is 1. The second-order valence-electron chi connectivity index (χ2n) is 4.40. The van der Waals surface area contributed by atoms with E-state index in [1.807, 2.05) is 25.1 Å². The summed E-state index contributed by atoms with van der Waals surface area (Å²) >= 11 is 0. The maximum atomic E-state index is 9.45. The first-order valence-electron chi connectivity index (χ1n) is 5.55. The summed E-state index contributed by atoms with van der Waals surface area (Å²) in [5, 5.41) is 12.8. The van der Waals surface area contributed by atoms with Gasteiger partial charge >= 0.3 is 0 Å². The Morgan fingerprint density at radius 1 is 1.38 bits per heavy atom. The van der Waals surface area contributed by atoms with Gasteiger partial charge in [-0.1, -0.05) is 18.2 Å². The van der Waals surface area contributed by atoms with Crippen molar-refractivity contribution in [3.63, 3.8) is 0 Å². The molecule has 3 nitrogen and oxygen atoms in total. The van der Waals surface area contributed by atoms with E-state index in [0.29, 0.717) is 6.61 Å². The molecular weight excluding hydrogens is 202 g/mol. The highest BCUT2D eigenvalue weighted by molar-refractivity contribution is 5.52. The summed E-state index contributed by atoms with van der Waals surface area (Å²) < 4.78 is 5.06. The van der Waals surface area contributed by atoms with Gasteiger partial charge in [-0.25, -0.2) is 0 Å². The van der Waals surface area contributed by atoms with Crippen LogP contribution in [0.2, 0.25) is 0 Å². The third-order valence-corrected chi connectivity index (χ3v) is 2.79. The van der Waals surface area contributed by atoms with Gasteiger partial charge in [0.25, 0.3) is 0 Å². The van der Waals surface area contributed by atoms with Crippen molar-refractivity contribution in [2.24, 2.45) is 0 Å². The van der Waals surface area contributed by atoms with Crippen molar-refractivity contribution in [2.45, 2.75) is 25.8 Å². The van der Waals surface area contributed by atoms with Gasteiger partial charge in [0, 0.05) is 19.4 Å². The molecule has 0 amide bonds. The van der Waals surface area contributed by atoms with E-state index in [0.717, 1.165) is 12.1 Å². The molecule has 1 atom stereocenters. The van der Waals surface area contributed by atoms with Gasteiger partial charge in [0.1, 0.15) is 0 Å². The molecule has 1 rings (SSSR count). The molecule has 0 saturated heterocycles. The highest BCUT2D eigenvalue weighted by Crippen LogP contribution is 2.21. The average molecular weight is 223 g/mol. The first-order valence-corrected chi connectivity index (χ1v) is 5.55. The van der Waals surface area contributed by atoms with Gasteiger partial charge in [-0.05, 0) is 31.9 Å². The Labute approximate surface area is 97.4 Å². The molecule has 1 aromatic rings. The van der Waals surface area contributed by atoms with Crippen LogP contribution in [0.1, 0.15) is 18.9 Å². The molecule has 0 heterocycles. The molecule has 3 heteroatoms. The molecule has 90 valence electrons. The highest BCUT2D eigenvalue weighted by atomic mass is 16.5. The Balaban J connectivity index is 2.72. The van der Waals surface area contributed by atoms with Crippen molar-refractivity contribution < 1.29 is 9.84 Å². The van der Waals surface area contributed by atoms with E-state index in [4.69, 9.17) is 4.74 Å². The smallest absolute Gasteiger partial charge is 0.0659 e. The third-order valence-electron chi connectivity index (χ3n) is 2.79. The Morgan fingerprint density at radius 2 is 2.06 bits per heavy atom. The van der Waals surface area contributed by atoms with Crippen molar-refractivity contribution in [2.75, 3.05) is 25.6 Å². The second kappa shape index (κ2) is 5.87. The largest absolute Gasteiger partial charge is 0.394 e. The number of aryl methyl sites for hydroxylation is 1. The minimum Gasteiger partial charge on any atom is -0.394 e. The maximum absolute atomic E-state index is 9.45. The van der Waals surface area contributed by atoms with E-state index in [-0.39, 0.29) is 12.1 Å². The fourth-order valence-corrected chi connectivity index (χ4v) is 1.55. The van der Waals surface area contributed by atoms with Crippen LogP contribution in [0.5, 0.6) is 0 Å². The third kappa shape index (κ3) is 3.51. The van der Waals surface area contributed by atoms with Gasteiger partial charge in [0.05, 0.1) is 12.1 Å². The van der Waals surface area contributed by atoms with Crippen LogP contribution >= 0.6 is 0 Å². The first-order chi connectivity index (χ1) is 7.61. The van der Waals surface area contributed by atoms with E-state index in [2.05, 4.69) is 18.3 Å². The van der Waals surface area contributed by atoms with Gasteiger partial charge in [-0.3, -0.25) is 0 Å². The molecule has 0 aromatic heterocycles. The zero-order chi connectivity index (χ0) is 12.0. The summed E-state index contributed by atoms with van der Waals surface area (Å²) in [4.78, 5) is 0. The molecule has 1 aromatic carbocycles. The molecule has 0 fully saturated rings. The lowest BCUT2D eigenvalue weighted by atomic mass is 9.98. The number of hydrogen-bond acceptors (Lipinski definition) is 3. The van der Waals surface area contributed by atoms with Gasteiger partial charge in [0.15, 0.2) is 0 Å². The average Bonchev–Trinajstić information content (AvgIpc) is 2.30. The summed E-state index contributed by atoms with van der Waals surface area (Å²) in [6.45, 7) is 4.77. The number of ether oxygens (including phenoxy) is 1. The first kappa shape index (κ1) is 13.0. The number of methoxy groups -OCH3 is 1. The quantitative estimate of drug-likeness (QED) is 0.776. The molecule has 1 unspecified atom stereocenters. The summed E-state index contributed by atoms with van der Waals surface area (Å²) in [7, 11) is 1.67. The van der Waals surface area contributed by atoms with Crippen LogP contribution in [0.15, 0.2) is 24.3 Å². The lowest BCUT2D eigenvalue weighted by Gasteiger charge is -2.30. The number of rotatable bonds is 6. The van der Waals surface area contributed by atoms with Crippen molar-refractivity contribution in [3.05, 3.63) is 29.8 Å². The van der Waals surface area contributed by atoms with E-state index >= 15 is 0 Å². The van der Waals surface area contributed by atoms with E-state index in [9.17, 15) is 5.11 Å². The van der Waals surface area contributed by atoms with E-state index < -0.39 is 0 Å². The molecule has 2 N–H and O–H groups in total. The lowest BCUT2D eigenvalue weighted by molar-refractivity contribution is 0.146. The van der Waals surface area contributed by atoms with E-state index in [1.165, 1.54) is 5.56 Å². The Hall–Kier alpha value is -1.06. The molecule has 0 aliphatic rings. The fraction of sp³-hybridized carbons (Fsp3) is 0.538. The van der Waals surface area contributed by atoms with Gasteiger partial charge < -0.3 is 15.2 Å². The predicted molar refractivity (Wildman–Crippen MR) is 66.8 cm³/mol. The van der Waals surface area contributed by atoms with Crippen LogP contribution in [0.4, 0.5) is 5.69 Å². The molecular formula is C13H21NO2. The molecule has 16 heavy (non-hydrogen) atoms. The lowest BCUT2D eigenvalue weighted by Crippen LogP contribution is -2.40. The van der Waals surface area contributed by atoms with Gasteiger partial charge in [-0.15, -0.1) is 0 Å². The number of para-hydroxylation sites is 1. The number of aliphatic hydroxyl groups is 1. The second-order valence-corrected chi connectivity index (χ2v) is 4.40. The summed E-state index contributed by atoms with van der Waals surface area (Å²) in [5.74, 6) is 0. The van der Waals surface area contributed by atoms with Gasteiger partial charge in [-0.2, -0.15) is 0 Å². The normalized spacial score (nSPS) is 14.5. The Kier molecular flexibility index (Phi) is 4.77. The van der Waals surface area contributed by atoms with Crippen molar-refractivity contribution in [1.82, 2.24) is 0 Å². The van der Waals surface area contributed by atoms with Crippen LogP contribution < -0.4 is 5.32 Å². The minimum absolute atomic E-state index is 0.0880. The van der Waals surface area contributed by atoms with Crippen LogP contribution in [0.3, 0.4) is 0 Å². The summed E-state index contributed by atoms with van der Waals surface area (Å²) in [6, 6.07) is 8.07.